The summed E-state index contributed by atoms with van der Waals surface area (Å²) in [6, 6.07) is 17.1. The molecule has 0 atom stereocenters. The van der Waals surface area contributed by atoms with Gasteiger partial charge in [-0.3, -0.25) is 4.79 Å². The number of hydrogen-bond acceptors (Lipinski definition) is 3. The average molecular weight is 395 g/mol. The second-order valence-corrected chi connectivity index (χ2v) is 7.60. The average Bonchev–Trinajstić information content (AvgIpc) is 2.72. The number of carbonyl (C=O) groups excluding carboxylic acids is 2. The van der Waals surface area contributed by atoms with Gasteiger partial charge in [0, 0.05) is 50.2 Å². The summed E-state index contributed by atoms with van der Waals surface area (Å²) in [5.41, 5.74) is 2.78. The molecule has 1 aliphatic heterocycles. The van der Waals surface area contributed by atoms with E-state index in [4.69, 9.17) is 0 Å². The largest absolute Gasteiger partial charge is 0.372 e. The van der Waals surface area contributed by atoms with E-state index in [0.717, 1.165) is 30.4 Å². The van der Waals surface area contributed by atoms with Gasteiger partial charge in [-0.25, -0.2) is 4.79 Å². The number of piperidine rings is 1. The summed E-state index contributed by atoms with van der Waals surface area (Å²) in [5.74, 6) is 0.750. The Balaban J connectivity index is 1.52. The third kappa shape index (κ3) is 5.98. The Bertz CT molecular complexity index is 799. The molecule has 29 heavy (non-hydrogen) atoms. The van der Waals surface area contributed by atoms with Gasteiger partial charge in [0.25, 0.3) is 0 Å². The van der Waals surface area contributed by atoms with E-state index < -0.39 is 0 Å². The molecular formula is C23H30N4O2. The molecule has 2 aromatic rings. The molecule has 3 rings (SSSR count). The molecule has 1 heterocycles. The molecule has 6 nitrogen and oxygen atoms in total. The summed E-state index contributed by atoms with van der Waals surface area (Å²) < 4.78 is 0. The normalized spacial score (nSPS) is 14.3. The Morgan fingerprint density at radius 3 is 2.31 bits per heavy atom. The van der Waals surface area contributed by atoms with Crippen LogP contribution in [-0.2, 0) is 4.79 Å². The van der Waals surface area contributed by atoms with Crippen molar-refractivity contribution in [3.05, 3.63) is 54.6 Å². The number of anilines is 3. The zero-order valence-electron chi connectivity index (χ0n) is 17.2. The lowest BCUT2D eigenvalue weighted by Crippen LogP contribution is -2.39. The molecule has 2 aromatic carbocycles. The molecule has 0 unspecified atom stereocenters. The minimum atomic E-state index is -0.283. The highest BCUT2D eigenvalue weighted by atomic mass is 16.2. The van der Waals surface area contributed by atoms with Crippen molar-refractivity contribution in [1.29, 1.82) is 0 Å². The fourth-order valence-electron chi connectivity index (χ4n) is 3.56. The highest BCUT2D eigenvalue weighted by Crippen LogP contribution is 2.25. The highest BCUT2D eigenvalue weighted by molar-refractivity contribution is 5.92. The molecule has 0 radical (unpaired) electrons. The van der Waals surface area contributed by atoms with Gasteiger partial charge in [0.15, 0.2) is 0 Å². The van der Waals surface area contributed by atoms with Crippen molar-refractivity contribution in [2.75, 3.05) is 41.3 Å². The number of benzene rings is 2. The molecule has 0 spiro atoms. The summed E-state index contributed by atoms with van der Waals surface area (Å²) >= 11 is 0. The quantitative estimate of drug-likeness (QED) is 0.775. The molecule has 0 aromatic heterocycles. The number of nitrogens with one attached hydrogen (secondary N) is 2. The van der Waals surface area contributed by atoms with Gasteiger partial charge in [-0.05, 0) is 55.2 Å². The topological polar surface area (TPSA) is 64.7 Å². The first-order valence-corrected chi connectivity index (χ1v) is 10.3. The van der Waals surface area contributed by atoms with Gasteiger partial charge < -0.3 is 20.4 Å². The van der Waals surface area contributed by atoms with Crippen LogP contribution in [0.5, 0.6) is 0 Å². The fraction of sp³-hybridized carbons (Fsp3) is 0.391. The first-order valence-electron chi connectivity index (χ1n) is 10.3. The molecule has 154 valence electrons. The number of para-hydroxylation sites is 1. The van der Waals surface area contributed by atoms with Crippen molar-refractivity contribution in [2.45, 2.75) is 26.7 Å². The predicted octanol–water partition coefficient (Wildman–Crippen LogP) is 4.10. The molecule has 2 N–H and O–H groups in total. The molecular weight excluding hydrogens is 364 g/mol. The van der Waals surface area contributed by atoms with Gasteiger partial charge in [0.2, 0.25) is 5.91 Å². The van der Waals surface area contributed by atoms with E-state index in [1.165, 1.54) is 18.5 Å². The van der Waals surface area contributed by atoms with Gasteiger partial charge >= 0.3 is 6.03 Å². The summed E-state index contributed by atoms with van der Waals surface area (Å²) in [4.78, 5) is 28.2. The maximum atomic E-state index is 12.1. The van der Waals surface area contributed by atoms with Crippen molar-refractivity contribution in [2.24, 2.45) is 5.92 Å². The first kappa shape index (κ1) is 20.7. The van der Waals surface area contributed by atoms with Crippen LogP contribution in [0.2, 0.25) is 0 Å². The van der Waals surface area contributed by atoms with Crippen LogP contribution in [0.15, 0.2) is 54.6 Å². The van der Waals surface area contributed by atoms with Gasteiger partial charge in [-0.15, -0.1) is 0 Å². The van der Waals surface area contributed by atoms with Crippen molar-refractivity contribution in [1.82, 2.24) is 5.32 Å². The number of rotatable bonds is 6. The van der Waals surface area contributed by atoms with Crippen molar-refractivity contribution >= 4 is 29.0 Å². The van der Waals surface area contributed by atoms with Crippen LogP contribution in [0, 0.1) is 5.92 Å². The van der Waals surface area contributed by atoms with E-state index in [1.54, 1.807) is 11.8 Å². The zero-order valence-corrected chi connectivity index (χ0v) is 17.2. The van der Waals surface area contributed by atoms with Gasteiger partial charge in [0.1, 0.15) is 0 Å². The summed E-state index contributed by atoms with van der Waals surface area (Å²) in [6.07, 6.45) is 2.44. The first-order chi connectivity index (χ1) is 14.0. The van der Waals surface area contributed by atoms with E-state index in [2.05, 4.69) is 34.6 Å². The Hall–Kier alpha value is -3.02. The molecule has 0 aliphatic carbocycles. The molecule has 1 fully saturated rings. The minimum absolute atomic E-state index is 0.0465. The lowest BCUT2D eigenvalue weighted by molar-refractivity contribution is -0.116. The van der Waals surface area contributed by atoms with Crippen LogP contribution < -0.4 is 20.4 Å². The van der Waals surface area contributed by atoms with E-state index >= 15 is 0 Å². The standard InChI is InChI=1S/C23H30N4O2/c1-18-12-15-26(16-13-18)21-8-10-22(11-9-21)27(19(2)28)17-14-24-23(29)25-20-6-4-3-5-7-20/h3-11,18H,12-17H2,1-2H3,(H2,24,25,29). The third-order valence-electron chi connectivity index (χ3n) is 5.34. The number of nitrogens with zero attached hydrogens (tertiary/aromatic N) is 2. The van der Waals surface area contributed by atoms with Gasteiger partial charge in [-0.2, -0.15) is 0 Å². The molecule has 6 heteroatoms. The van der Waals surface area contributed by atoms with Crippen molar-refractivity contribution in [3.8, 4) is 0 Å². The van der Waals surface area contributed by atoms with E-state index in [9.17, 15) is 9.59 Å². The van der Waals surface area contributed by atoms with Crippen LogP contribution in [0.3, 0.4) is 0 Å². The molecule has 1 saturated heterocycles. The lowest BCUT2D eigenvalue weighted by Gasteiger charge is -2.32. The van der Waals surface area contributed by atoms with Crippen LogP contribution >= 0.6 is 0 Å². The maximum Gasteiger partial charge on any atom is 0.319 e. The number of urea groups is 1. The van der Waals surface area contributed by atoms with Crippen molar-refractivity contribution in [3.63, 3.8) is 0 Å². The summed E-state index contributed by atoms with van der Waals surface area (Å²) in [5, 5.41) is 5.57. The summed E-state index contributed by atoms with van der Waals surface area (Å²) in [7, 11) is 0. The van der Waals surface area contributed by atoms with E-state index in [0.29, 0.717) is 13.1 Å². The Morgan fingerprint density at radius 2 is 1.69 bits per heavy atom. The van der Waals surface area contributed by atoms with E-state index in [1.807, 2.05) is 42.5 Å². The second-order valence-electron chi connectivity index (χ2n) is 7.60. The minimum Gasteiger partial charge on any atom is -0.372 e. The molecule has 3 amide bonds. The maximum absolute atomic E-state index is 12.1. The van der Waals surface area contributed by atoms with Crippen LogP contribution in [0.4, 0.5) is 21.9 Å². The smallest absolute Gasteiger partial charge is 0.319 e. The summed E-state index contributed by atoms with van der Waals surface area (Å²) in [6.45, 7) is 6.79. The van der Waals surface area contributed by atoms with Crippen LogP contribution in [-0.4, -0.2) is 38.1 Å². The Kier molecular flexibility index (Phi) is 7.11. The monoisotopic (exact) mass is 394 g/mol. The highest BCUT2D eigenvalue weighted by Gasteiger charge is 2.17. The number of carbonyl (C=O) groups is 2. The predicted molar refractivity (Wildman–Crippen MR) is 119 cm³/mol. The number of amides is 3. The number of hydrogen-bond donors (Lipinski definition) is 2. The molecule has 0 saturated carbocycles. The molecule has 0 bridgehead atoms. The van der Waals surface area contributed by atoms with E-state index in [-0.39, 0.29) is 11.9 Å². The Labute approximate surface area is 172 Å². The second kappa shape index (κ2) is 9.96. The van der Waals surface area contributed by atoms with Crippen molar-refractivity contribution < 1.29 is 9.59 Å². The van der Waals surface area contributed by atoms with Crippen LogP contribution in [0.25, 0.3) is 0 Å². The fourth-order valence-corrected chi connectivity index (χ4v) is 3.56. The van der Waals surface area contributed by atoms with Gasteiger partial charge in [-0.1, -0.05) is 25.1 Å². The lowest BCUT2D eigenvalue weighted by atomic mass is 9.99. The SMILES string of the molecule is CC(=O)N(CCNC(=O)Nc1ccccc1)c1ccc(N2CCC(C)CC2)cc1. The van der Waals surface area contributed by atoms with Crippen LogP contribution in [0.1, 0.15) is 26.7 Å². The zero-order chi connectivity index (χ0) is 20.6. The molecule has 1 aliphatic rings. The van der Waals surface area contributed by atoms with Gasteiger partial charge in [0.05, 0.1) is 0 Å². The Morgan fingerprint density at radius 1 is 1.03 bits per heavy atom. The third-order valence-corrected chi connectivity index (χ3v) is 5.34.